The highest BCUT2D eigenvalue weighted by Crippen LogP contribution is 2.34. The zero-order valence-electron chi connectivity index (χ0n) is 8.89. The lowest BCUT2D eigenvalue weighted by atomic mass is 10.2. The highest BCUT2D eigenvalue weighted by molar-refractivity contribution is 7.17. The van der Waals surface area contributed by atoms with Gasteiger partial charge in [-0.05, 0) is 36.4 Å². The van der Waals surface area contributed by atoms with Crippen molar-refractivity contribution in [3.05, 3.63) is 59.7 Å². The summed E-state index contributed by atoms with van der Waals surface area (Å²) in [5, 5.41) is 3.05. The molecule has 0 radical (unpaired) electrons. The third-order valence-electron chi connectivity index (χ3n) is 2.49. The second-order valence-corrected chi connectivity index (χ2v) is 4.56. The molecule has 3 aromatic rings. The minimum absolute atomic E-state index is 0.257. The Labute approximate surface area is 102 Å². The Morgan fingerprint density at radius 2 is 1.71 bits per heavy atom. The van der Waals surface area contributed by atoms with Crippen LogP contribution in [0.2, 0.25) is 0 Å². The summed E-state index contributed by atoms with van der Waals surface area (Å²) >= 11 is 1.64. The molecule has 0 aliphatic carbocycles. The van der Waals surface area contributed by atoms with Crippen molar-refractivity contribution in [2.24, 2.45) is 0 Å². The fraction of sp³-hybridized carbons (Fsp3) is 0. The van der Waals surface area contributed by atoms with Gasteiger partial charge in [-0.15, -0.1) is 11.3 Å². The second kappa shape index (κ2) is 4.18. The minimum atomic E-state index is -0.257. The van der Waals surface area contributed by atoms with E-state index in [4.69, 9.17) is 4.74 Å². The maximum atomic E-state index is 12.8. The van der Waals surface area contributed by atoms with Crippen molar-refractivity contribution in [2.45, 2.75) is 0 Å². The Kier molecular flexibility index (Phi) is 2.53. The van der Waals surface area contributed by atoms with E-state index in [0.717, 1.165) is 11.1 Å². The summed E-state index contributed by atoms with van der Waals surface area (Å²) in [4.78, 5) is 0. The highest BCUT2D eigenvalue weighted by atomic mass is 32.1. The van der Waals surface area contributed by atoms with Gasteiger partial charge < -0.3 is 4.74 Å². The number of rotatable bonds is 2. The maximum absolute atomic E-state index is 12.8. The van der Waals surface area contributed by atoms with Crippen molar-refractivity contribution >= 4 is 21.4 Å². The molecule has 0 spiro atoms. The average molecular weight is 244 g/mol. The van der Waals surface area contributed by atoms with Crippen LogP contribution in [0.1, 0.15) is 0 Å². The molecule has 0 unspecified atom stereocenters. The molecule has 3 heteroatoms. The van der Waals surface area contributed by atoms with Crippen LogP contribution in [-0.2, 0) is 0 Å². The Morgan fingerprint density at radius 3 is 2.53 bits per heavy atom. The van der Waals surface area contributed by atoms with Gasteiger partial charge in [0, 0.05) is 15.5 Å². The Hall–Kier alpha value is -1.87. The number of ether oxygens (including phenoxy) is 1. The van der Waals surface area contributed by atoms with Gasteiger partial charge in [0.25, 0.3) is 0 Å². The summed E-state index contributed by atoms with van der Waals surface area (Å²) in [5.41, 5.74) is 0. The molecule has 0 atom stereocenters. The van der Waals surface area contributed by atoms with Crippen LogP contribution in [0.5, 0.6) is 11.5 Å². The molecular weight excluding hydrogens is 235 g/mol. The molecule has 1 nitrogen and oxygen atoms in total. The first-order valence-corrected chi connectivity index (χ1v) is 6.10. The van der Waals surface area contributed by atoms with E-state index in [9.17, 15) is 4.39 Å². The molecule has 17 heavy (non-hydrogen) atoms. The van der Waals surface area contributed by atoms with Crippen molar-refractivity contribution in [2.75, 3.05) is 0 Å². The van der Waals surface area contributed by atoms with E-state index in [1.165, 1.54) is 16.8 Å². The van der Waals surface area contributed by atoms with Gasteiger partial charge in [-0.2, -0.15) is 0 Å². The lowest BCUT2D eigenvalue weighted by Crippen LogP contribution is -1.82. The van der Waals surface area contributed by atoms with E-state index in [1.807, 2.05) is 23.6 Å². The van der Waals surface area contributed by atoms with Crippen LogP contribution in [-0.4, -0.2) is 0 Å². The van der Waals surface area contributed by atoms with Gasteiger partial charge in [-0.1, -0.05) is 12.1 Å². The Balaban J connectivity index is 1.97. The predicted octanol–water partition coefficient (Wildman–Crippen LogP) is 4.83. The van der Waals surface area contributed by atoms with Gasteiger partial charge in [0.05, 0.1) is 0 Å². The van der Waals surface area contributed by atoms with E-state index in [-0.39, 0.29) is 5.82 Å². The van der Waals surface area contributed by atoms with Crippen molar-refractivity contribution in [3.8, 4) is 11.5 Å². The van der Waals surface area contributed by atoms with Crippen molar-refractivity contribution < 1.29 is 9.13 Å². The van der Waals surface area contributed by atoms with Crippen LogP contribution in [0.25, 0.3) is 10.1 Å². The molecule has 1 heterocycles. The molecule has 3 rings (SSSR count). The summed E-state index contributed by atoms with van der Waals surface area (Å²) in [5.74, 6) is 1.21. The molecule has 0 amide bonds. The highest BCUT2D eigenvalue weighted by Gasteiger charge is 2.05. The molecule has 0 aliphatic heterocycles. The summed E-state index contributed by atoms with van der Waals surface area (Å²) in [6.07, 6.45) is 0. The second-order valence-electron chi connectivity index (χ2n) is 3.65. The molecule has 0 saturated heterocycles. The third kappa shape index (κ3) is 2.01. The molecule has 0 aliphatic rings. The number of hydrogen-bond donors (Lipinski definition) is 0. The SMILES string of the molecule is Fc1ccc(Oc2csc3ccccc23)cc1. The largest absolute Gasteiger partial charge is 0.456 e. The summed E-state index contributed by atoms with van der Waals surface area (Å²) in [7, 11) is 0. The van der Waals surface area contributed by atoms with Crippen molar-refractivity contribution in [3.63, 3.8) is 0 Å². The van der Waals surface area contributed by atoms with E-state index in [1.54, 1.807) is 23.5 Å². The number of halogens is 1. The Bertz CT molecular complexity index is 643. The van der Waals surface area contributed by atoms with Crippen LogP contribution >= 0.6 is 11.3 Å². The molecule has 84 valence electrons. The maximum Gasteiger partial charge on any atom is 0.145 e. The van der Waals surface area contributed by atoms with Crippen LogP contribution in [0.3, 0.4) is 0 Å². The summed E-state index contributed by atoms with van der Waals surface area (Å²) < 4.78 is 19.7. The molecule has 0 fully saturated rings. The number of thiophene rings is 1. The van der Waals surface area contributed by atoms with E-state index in [2.05, 4.69) is 6.07 Å². The quantitative estimate of drug-likeness (QED) is 0.627. The molecule has 0 bridgehead atoms. The molecule has 1 aromatic heterocycles. The lowest BCUT2D eigenvalue weighted by molar-refractivity contribution is 0.488. The molecule has 0 saturated carbocycles. The predicted molar refractivity (Wildman–Crippen MR) is 68.3 cm³/mol. The monoisotopic (exact) mass is 244 g/mol. The van der Waals surface area contributed by atoms with E-state index >= 15 is 0 Å². The van der Waals surface area contributed by atoms with Gasteiger partial charge in [0.1, 0.15) is 17.3 Å². The van der Waals surface area contributed by atoms with Gasteiger partial charge >= 0.3 is 0 Å². The third-order valence-corrected chi connectivity index (χ3v) is 3.43. The minimum Gasteiger partial charge on any atom is -0.456 e. The van der Waals surface area contributed by atoms with Crippen LogP contribution in [0, 0.1) is 5.82 Å². The molecular formula is C14H9FOS. The fourth-order valence-corrected chi connectivity index (χ4v) is 2.52. The molecule has 2 aromatic carbocycles. The first kappa shape index (κ1) is 10.3. The van der Waals surface area contributed by atoms with Gasteiger partial charge in [0.2, 0.25) is 0 Å². The summed E-state index contributed by atoms with van der Waals surface area (Å²) in [6.45, 7) is 0. The first-order chi connectivity index (χ1) is 8.33. The topological polar surface area (TPSA) is 9.23 Å². The van der Waals surface area contributed by atoms with Crippen molar-refractivity contribution in [1.82, 2.24) is 0 Å². The number of benzene rings is 2. The van der Waals surface area contributed by atoms with Crippen molar-refractivity contribution in [1.29, 1.82) is 0 Å². The van der Waals surface area contributed by atoms with Crippen LogP contribution in [0.4, 0.5) is 4.39 Å². The van der Waals surface area contributed by atoms with E-state index < -0.39 is 0 Å². The Morgan fingerprint density at radius 1 is 0.941 bits per heavy atom. The lowest BCUT2D eigenvalue weighted by Gasteiger charge is -2.03. The van der Waals surface area contributed by atoms with Crippen LogP contribution < -0.4 is 4.74 Å². The number of hydrogen-bond acceptors (Lipinski definition) is 2. The standard InChI is InChI=1S/C14H9FOS/c15-10-5-7-11(8-6-10)16-13-9-17-14-4-2-1-3-12(13)14/h1-9H. The number of fused-ring (bicyclic) bond motifs is 1. The zero-order chi connectivity index (χ0) is 11.7. The fourth-order valence-electron chi connectivity index (χ4n) is 1.66. The smallest absolute Gasteiger partial charge is 0.145 e. The van der Waals surface area contributed by atoms with Crippen LogP contribution in [0.15, 0.2) is 53.9 Å². The van der Waals surface area contributed by atoms with Gasteiger partial charge in [0.15, 0.2) is 0 Å². The normalized spacial score (nSPS) is 10.6. The average Bonchev–Trinajstić information content (AvgIpc) is 2.76. The van der Waals surface area contributed by atoms with Gasteiger partial charge in [-0.25, -0.2) is 4.39 Å². The van der Waals surface area contributed by atoms with E-state index in [0.29, 0.717) is 5.75 Å². The zero-order valence-corrected chi connectivity index (χ0v) is 9.71. The first-order valence-electron chi connectivity index (χ1n) is 5.22. The molecule has 0 N–H and O–H groups in total. The van der Waals surface area contributed by atoms with Gasteiger partial charge in [-0.3, -0.25) is 0 Å². The summed E-state index contributed by atoms with van der Waals surface area (Å²) in [6, 6.07) is 14.1.